The standard InChI is InChI=1S/C7H16N2.C2H6/c1-7(2,3)9-6-4-5-8-9;1-2/h8H,4-6H2,1-3H3;1-2H3. The van der Waals surface area contributed by atoms with Crippen LogP contribution in [0, 0.1) is 0 Å². The Balaban J connectivity index is 0.000000461. The molecular weight excluding hydrogens is 136 g/mol. The van der Waals surface area contributed by atoms with E-state index in [1.165, 1.54) is 13.0 Å². The molecule has 0 radical (unpaired) electrons. The van der Waals surface area contributed by atoms with Crippen molar-refractivity contribution in [1.29, 1.82) is 0 Å². The monoisotopic (exact) mass is 158 g/mol. The molecule has 0 aromatic rings. The van der Waals surface area contributed by atoms with Gasteiger partial charge < -0.3 is 0 Å². The van der Waals surface area contributed by atoms with Gasteiger partial charge in [-0.1, -0.05) is 13.8 Å². The maximum absolute atomic E-state index is 3.33. The van der Waals surface area contributed by atoms with Crippen LogP contribution in [0.2, 0.25) is 0 Å². The van der Waals surface area contributed by atoms with Crippen LogP contribution in [0.4, 0.5) is 0 Å². The van der Waals surface area contributed by atoms with Crippen LogP contribution in [0.5, 0.6) is 0 Å². The van der Waals surface area contributed by atoms with Crippen molar-refractivity contribution in [2.75, 3.05) is 13.1 Å². The van der Waals surface area contributed by atoms with E-state index in [2.05, 4.69) is 31.2 Å². The van der Waals surface area contributed by atoms with Crippen LogP contribution in [0.15, 0.2) is 0 Å². The third kappa shape index (κ3) is 3.73. The van der Waals surface area contributed by atoms with Gasteiger partial charge in [-0.2, -0.15) is 0 Å². The lowest BCUT2D eigenvalue weighted by molar-refractivity contribution is 0.116. The Morgan fingerprint density at radius 1 is 1.18 bits per heavy atom. The summed E-state index contributed by atoms with van der Waals surface area (Å²) in [5.74, 6) is 0. The first-order valence-electron chi connectivity index (χ1n) is 4.62. The summed E-state index contributed by atoms with van der Waals surface area (Å²) in [6.45, 7) is 13.0. The Hall–Kier alpha value is -0.0800. The van der Waals surface area contributed by atoms with Crippen molar-refractivity contribution < 1.29 is 0 Å². The lowest BCUT2D eigenvalue weighted by atomic mass is 10.1. The van der Waals surface area contributed by atoms with Crippen molar-refractivity contribution in [3.05, 3.63) is 0 Å². The van der Waals surface area contributed by atoms with E-state index >= 15 is 0 Å². The average molecular weight is 158 g/mol. The lowest BCUT2D eigenvalue weighted by Gasteiger charge is -2.30. The minimum Gasteiger partial charge on any atom is -0.255 e. The van der Waals surface area contributed by atoms with Gasteiger partial charge in [0, 0.05) is 18.6 Å². The van der Waals surface area contributed by atoms with Crippen LogP contribution in [-0.4, -0.2) is 23.6 Å². The summed E-state index contributed by atoms with van der Waals surface area (Å²) < 4.78 is 0. The fourth-order valence-electron chi connectivity index (χ4n) is 1.10. The number of rotatable bonds is 0. The molecule has 0 aromatic heterocycles. The molecule has 0 saturated carbocycles. The second kappa shape index (κ2) is 4.73. The van der Waals surface area contributed by atoms with E-state index in [0.717, 1.165) is 6.54 Å². The van der Waals surface area contributed by atoms with Crippen molar-refractivity contribution in [3.63, 3.8) is 0 Å². The molecule has 1 aliphatic rings. The first-order valence-corrected chi connectivity index (χ1v) is 4.62. The predicted molar refractivity (Wildman–Crippen MR) is 50.4 cm³/mol. The van der Waals surface area contributed by atoms with Gasteiger partial charge in [0.2, 0.25) is 0 Å². The minimum atomic E-state index is 0.302. The smallest absolute Gasteiger partial charge is 0.0269 e. The molecule has 1 saturated heterocycles. The van der Waals surface area contributed by atoms with Crippen LogP contribution >= 0.6 is 0 Å². The zero-order chi connectivity index (χ0) is 8.91. The Morgan fingerprint density at radius 2 is 1.73 bits per heavy atom. The van der Waals surface area contributed by atoms with Gasteiger partial charge in [-0.25, -0.2) is 5.01 Å². The Bertz CT molecular complexity index is 88.2. The van der Waals surface area contributed by atoms with Gasteiger partial charge in [0.25, 0.3) is 0 Å². The van der Waals surface area contributed by atoms with Gasteiger partial charge >= 0.3 is 0 Å². The highest BCUT2D eigenvalue weighted by Crippen LogP contribution is 2.13. The molecule has 0 atom stereocenters. The number of nitrogens with one attached hydrogen (secondary N) is 1. The Kier molecular flexibility index (Phi) is 4.69. The molecule has 11 heavy (non-hydrogen) atoms. The summed E-state index contributed by atoms with van der Waals surface area (Å²) in [5.41, 5.74) is 3.63. The largest absolute Gasteiger partial charge is 0.255 e. The highest BCUT2D eigenvalue weighted by Gasteiger charge is 2.23. The third-order valence-electron chi connectivity index (χ3n) is 1.67. The van der Waals surface area contributed by atoms with Gasteiger partial charge in [-0.15, -0.1) is 0 Å². The quantitative estimate of drug-likeness (QED) is 0.580. The molecule has 1 heterocycles. The summed E-state index contributed by atoms with van der Waals surface area (Å²) in [6.07, 6.45) is 1.29. The highest BCUT2D eigenvalue weighted by atomic mass is 15.5. The topological polar surface area (TPSA) is 15.3 Å². The van der Waals surface area contributed by atoms with Gasteiger partial charge in [0.15, 0.2) is 0 Å². The van der Waals surface area contributed by atoms with Crippen LogP contribution in [-0.2, 0) is 0 Å². The number of hydrogen-bond donors (Lipinski definition) is 1. The number of hydrogen-bond acceptors (Lipinski definition) is 2. The molecule has 68 valence electrons. The molecule has 1 aliphatic heterocycles. The average Bonchev–Trinajstić information content (AvgIpc) is 2.40. The van der Waals surface area contributed by atoms with E-state index in [9.17, 15) is 0 Å². The molecule has 1 rings (SSSR count). The fraction of sp³-hybridized carbons (Fsp3) is 1.00. The van der Waals surface area contributed by atoms with E-state index in [-0.39, 0.29) is 0 Å². The highest BCUT2D eigenvalue weighted by molar-refractivity contribution is 4.76. The molecule has 0 aliphatic carbocycles. The van der Waals surface area contributed by atoms with Crippen LogP contribution in [0.3, 0.4) is 0 Å². The predicted octanol–water partition coefficient (Wildman–Crippen LogP) is 2.02. The zero-order valence-electron chi connectivity index (χ0n) is 8.57. The third-order valence-corrected chi connectivity index (χ3v) is 1.67. The molecule has 1 N–H and O–H groups in total. The number of hydrazine groups is 1. The Labute approximate surface area is 70.9 Å². The molecule has 0 spiro atoms. The first kappa shape index (κ1) is 10.9. The van der Waals surface area contributed by atoms with Crippen molar-refractivity contribution in [2.24, 2.45) is 0 Å². The van der Waals surface area contributed by atoms with E-state index < -0.39 is 0 Å². The van der Waals surface area contributed by atoms with Crippen LogP contribution in [0.1, 0.15) is 41.0 Å². The molecule has 1 fully saturated rings. The SMILES string of the molecule is CC.CC(C)(C)N1CCCN1. The fourth-order valence-corrected chi connectivity index (χ4v) is 1.10. The molecule has 0 amide bonds. The van der Waals surface area contributed by atoms with E-state index in [1.807, 2.05) is 13.8 Å². The van der Waals surface area contributed by atoms with Crippen molar-refractivity contribution in [2.45, 2.75) is 46.6 Å². The summed E-state index contributed by atoms with van der Waals surface area (Å²) in [7, 11) is 0. The molecule has 0 aromatic carbocycles. The van der Waals surface area contributed by atoms with Gasteiger partial charge in [-0.3, -0.25) is 5.43 Å². The van der Waals surface area contributed by atoms with E-state index in [4.69, 9.17) is 0 Å². The minimum absolute atomic E-state index is 0.302. The van der Waals surface area contributed by atoms with Gasteiger partial charge in [0.1, 0.15) is 0 Å². The molecule has 2 heteroatoms. The summed E-state index contributed by atoms with van der Waals surface area (Å²) >= 11 is 0. The Morgan fingerprint density at radius 3 is 1.91 bits per heavy atom. The lowest BCUT2D eigenvalue weighted by Crippen LogP contribution is -2.45. The van der Waals surface area contributed by atoms with Crippen LogP contribution in [0.25, 0.3) is 0 Å². The van der Waals surface area contributed by atoms with Crippen molar-refractivity contribution in [1.82, 2.24) is 10.4 Å². The first-order chi connectivity index (χ1) is 5.11. The van der Waals surface area contributed by atoms with Crippen molar-refractivity contribution >= 4 is 0 Å². The second-order valence-electron chi connectivity index (χ2n) is 3.58. The van der Waals surface area contributed by atoms with E-state index in [1.54, 1.807) is 0 Å². The second-order valence-corrected chi connectivity index (χ2v) is 3.58. The maximum Gasteiger partial charge on any atom is 0.0269 e. The normalized spacial score (nSPS) is 19.4. The van der Waals surface area contributed by atoms with Crippen LogP contribution < -0.4 is 5.43 Å². The zero-order valence-corrected chi connectivity index (χ0v) is 8.57. The number of nitrogens with zero attached hydrogens (tertiary/aromatic N) is 1. The molecule has 2 nitrogen and oxygen atoms in total. The van der Waals surface area contributed by atoms with Gasteiger partial charge in [0.05, 0.1) is 0 Å². The molecular formula is C9H22N2. The van der Waals surface area contributed by atoms with Crippen molar-refractivity contribution in [3.8, 4) is 0 Å². The summed E-state index contributed by atoms with van der Waals surface area (Å²) in [5, 5.41) is 2.30. The summed E-state index contributed by atoms with van der Waals surface area (Å²) in [4.78, 5) is 0. The summed E-state index contributed by atoms with van der Waals surface area (Å²) in [6, 6.07) is 0. The maximum atomic E-state index is 3.33. The van der Waals surface area contributed by atoms with Gasteiger partial charge in [-0.05, 0) is 27.2 Å². The van der Waals surface area contributed by atoms with E-state index in [0.29, 0.717) is 5.54 Å². The molecule has 0 bridgehead atoms. The molecule has 0 unspecified atom stereocenters.